The van der Waals surface area contributed by atoms with Crippen LogP contribution in [0.1, 0.15) is 28.2 Å². The minimum absolute atomic E-state index is 0.166. The van der Waals surface area contributed by atoms with Crippen molar-refractivity contribution in [2.45, 2.75) is 19.4 Å². The van der Waals surface area contributed by atoms with E-state index < -0.39 is 0 Å². The average Bonchev–Trinajstić information content (AvgIpc) is 3.32. The van der Waals surface area contributed by atoms with Crippen molar-refractivity contribution in [3.8, 4) is 11.4 Å². The average molecular weight is 444 g/mol. The Bertz CT molecular complexity index is 1240. The zero-order valence-corrected chi connectivity index (χ0v) is 17.6. The Labute approximate surface area is 189 Å². The van der Waals surface area contributed by atoms with Gasteiger partial charge in [-0.3, -0.25) is 9.59 Å². The van der Waals surface area contributed by atoms with Crippen LogP contribution in [0.15, 0.2) is 83.4 Å². The van der Waals surface area contributed by atoms with Gasteiger partial charge in [0, 0.05) is 36.2 Å². The van der Waals surface area contributed by atoms with E-state index in [1.54, 1.807) is 30.3 Å². The van der Waals surface area contributed by atoms with Gasteiger partial charge in [0.2, 0.25) is 17.6 Å². The largest absolute Gasteiger partial charge is 0.352 e. The van der Waals surface area contributed by atoms with Gasteiger partial charge < -0.3 is 15.2 Å². The second-order valence-corrected chi connectivity index (χ2v) is 7.32. The minimum Gasteiger partial charge on any atom is -0.352 e. The molecule has 7 nitrogen and oxygen atoms in total. The zero-order valence-electron chi connectivity index (χ0n) is 17.6. The molecule has 3 aromatic carbocycles. The van der Waals surface area contributed by atoms with Crippen LogP contribution in [0.5, 0.6) is 0 Å². The number of rotatable bonds is 8. The van der Waals surface area contributed by atoms with Crippen molar-refractivity contribution in [1.82, 2.24) is 15.5 Å². The summed E-state index contributed by atoms with van der Waals surface area (Å²) in [6, 6.07) is 22.0. The van der Waals surface area contributed by atoms with Gasteiger partial charge in [0.1, 0.15) is 5.82 Å². The molecule has 0 radical (unpaired) electrons. The van der Waals surface area contributed by atoms with Gasteiger partial charge in [-0.15, -0.1) is 0 Å². The number of aromatic nitrogens is 2. The molecule has 4 aromatic rings. The van der Waals surface area contributed by atoms with E-state index in [2.05, 4.69) is 20.8 Å². The second kappa shape index (κ2) is 10.3. The highest BCUT2D eigenvalue weighted by Gasteiger charge is 2.12. The highest BCUT2D eigenvalue weighted by atomic mass is 19.1. The summed E-state index contributed by atoms with van der Waals surface area (Å²) in [5.41, 5.74) is 2.65. The van der Waals surface area contributed by atoms with E-state index >= 15 is 0 Å². The van der Waals surface area contributed by atoms with Crippen molar-refractivity contribution in [2.75, 3.05) is 5.32 Å². The van der Waals surface area contributed by atoms with Crippen molar-refractivity contribution in [1.29, 1.82) is 0 Å². The number of carbonyl (C=O) groups excluding carboxylic acids is 2. The van der Waals surface area contributed by atoms with Gasteiger partial charge in [0.25, 0.3) is 5.91 Å². The third kappa shape index (κ3) is 6.10. The standard InChI is InChI=1S/C25H21FN4O3/c26-20-11-9-18(10-12-20)24-29-23(33-30-24)14-13-22(31)27-16-17-5-4-6-19(15-17)25(32)28-21-7-2-1-3-8-21/h1-12,15H,13-14,16H2,(H,27,31)(H,28,32). The molecule has 1 aromatic heterocycles. The van der Waals surface area contributed by atoms with Crippen LogP contribution in [0, 0.1) is 5.82 Å². The summed E-state index contributed by atoms with van der Waals surface area (Å²) >= 11 is 0. The lowest BCUT2D eigenvalue weighted by Gasteiger charge is -2.08. The van der Waals surface area contributed by atoms with Crippen molar-refractivity contribution in [3.05, 3.63) is 102 Å². The fourth-order valence-corrected chi connectivity index (χ4v) is 3.13. The zero-order chi connectivity index (χ0) is 23.0. The van der Waals surface area contributed by atoms with Gasteiger partial charge in [-0.25, -0.2) is 4.39 Å². The van der Waals surface area contributed by atoms with Crippen LogP contribution in [0.25, 0.3) is 11.4 Å². The van der Waals surface area contributed by atoms with E-state index in [1.165, 1.54) is 12.1 Å². The molecular formula is C25H21FN4O3. The molecule has 4 rings (SSSR count). The van der Waals surface area contributed by atoms with Crippen LogP contribution in [-0.4, -0.2) is 22.0 Å². The molecule has 0 atom stereocenters. The first-order chi connectivity index (χ1) is 16.1. The number of para-hydroxylation sites is 1. The Morgan fingerprint density at radius 1 is 0.939 bits per heavy atom. The van der Waals surface area contributed by atoms with E-state index in [-0.39, 0.29) is 37.0 Å². The quantitative estimate of drug-likeness (QED) is 0.420. The number of nitrogens with zero attached hydrogens (tertiary/aromatic N) is 2. The number of halogens is 1. The first kappa shape index (κ1) is 21.9. The number of aryl methyl sites for hydroxylation is 1. The molecule has 0 spiro atoms. The van der Waals surface area contributed by atoms with E-state index in [1.807, 2.05) is 36.4 Å². The van der Waals surface area contributed by atoms with Crippen LogP contribution in [0.4, 0.5) is 10.1 Å². The molecule has 0 fully saturated rings. The van der Waals surface area contributed by atoms with Gasteiger partial charge >= 0.3 is 0 Å². The van der Waals surface area contributed by atoms with Crippen molar-refractivity contribution in [3.63, 3.8) is 0 Å². The summed E-state index contributed by atoms with van der Waals surface area (Å²) < 4.78 is 18.2. The Morgan fingerprint density at radius 2 is 1.73 bits per heavy atom. The molecule has 1 heterocycles. The maximum atomic E-state index is 13.0. The highest BCUT2D eigenvalue weighted by Crippen LogP contribution is 2.16. The number of benzene rings is 3. The number of hydrogen-bond donors (Lipinski definition) is 2. The third-order valence-corrected chi connectivity index (χ3v) is 4.85. The molecule has 166 valence electrons. The Balaban J connectivity index is 1.26. The molecule has 0 aliphatic carbocycles. The molecule has 0 aliphatic heterocycles. The van der Waals surface area contributed by atoms with Crippen LogP contribution < -0.4 is 10.6 Å². The SMILES string of the molecule is O=C(CCc1nc(-c2ccc(F)cc2)no1)NCc1cccc(C(=O)Nc2ccccc2)c1. The molecule has 0 unspecified atom stereocenters. The summed E-state index contributed by atoms with van der Waals surface area (Å²) in [4.78, 5) is 28.9. The number of anilines is 1. The molecule has 0 bridgehead atoms. The predicted octanol–water partition coefficient (Wildman–Crippen LogP) is 4.38. The van der Waals surface area contributed by atoms with Crippen molar-refractivity contribution < 1.29 is 18.5 Å². The molecule has 0 saturated carbocycles. The Morgan fingerprint density at radius 3 is 2.52 bits per heavy atom. The number of carbonyl (C=O) groups is 2. The predicted molar refractivity (Wildman–Crippen MR) is 121 cm³/mol. The summed E-state index contributed by atoms with van der Waals surface area (Å²) in [5.74, 6) is -0.0834. The van der Waals surface area contributed by atoms with Crippen LogP contribution in [0.3, 0.4) is 0 Å². The number of hydrogen-bond acceptors (Lipinski definition) is 5. The molecular weight excluding hydrogens is 423 g/mol. The first-order valence-electron chi connectivity index (χ1n) is 10.4. The lowest BCUT2D eigenvalue weighted by Crippen LogP contribution is -2.23. The smallest absolute Gasteiger partial charge is 0.255 e. The van der Waals surface area contributed by atoms with Gasteiger partial charge in [-0.2, -0.15) is 4.98 Å². The van der Waals surface area contributed by atoms with E-state index in [4.69, 9.17) is 4.52 Å². The molecule has 2 amide bonds. The fraction of sp³-hybridized carbons (Fsp3) is 0.120. The van der Waals surface area contributed by atoms with Crippen LogP contribution in [-0.2, 0) is 17.8 Å². The summed E-state index contributed by atoms with van der Waals surface area (Å²) in [7, 11) is 0. The molecule has 0 saturated heterocycles. The van der Waals surface area contributed by atoms with Gasteiger partial charge in [0.05, 0.1) is 0 Å². The van der Waals surface area contributed by atoms with Gasteiger partial charge in [0.15, 0.2) is 0 Å². The minimum atomic E-state index is -0.346. The Hall–Kier alpha value is -4.33. The topological polar surface area (TPSA) is 97.1 Å². The second-order valence-electron chi connectivity index (χ2n) is 7.32. The van der Waals surface area contributed by atoms with Crippen LogP contribution in [0.2, 0.25) is 0 Å². The van der Waals surface area contributed by atoms with Crippen LogP contribution >= 0.6 is 0 Å². The normalized spacial score (nSPS) is 10.6. The third-order valence-electron chi connectivity index (χ3n) is 4.85. The fourth-order valence-electron chi connectivity index (χ4n) is 3.13. The Kier molecular flexibility index (Phi) is 6.84. The molecule has 2 N–H and O–H groups in total. The first-order valence-corrected chi connectivity index (χ1v) is 10.4. The van der Waals surface area contributed by atoms with E-state index in [9.17, 15) is 14.0 Å². The molecule has 0 aliphatic rings. The summed E-state index contributed by atoms with van der Waals surface area (Å²) in [6.45, 7) is 0.288. The summed E-state index contributed by atoms with van der Waals surface area (Å²) in [6.07, 6.45) is 0.443. The monoisotopic (exact) mass is 444 g/mol. The van der Waals surface area contributed by atoms with E-state index in [0.29, 0.717) is 28.5 Å². The van der Waals surface area contributed by atoms with Crippen molar-refractivity contribution >= 4 is 17.5 Å². The number of amides is 2. The van der Waals surface area contributed by atoms with E-state index in [0.717, 1.165) is 5.56 Å². The number of nitrogens with one attached hydrogen (secondary N) is 2. The molecule has 8 heteroatoms. The van der Waals surface area contributed by atoms with Gasteiger partial charge in [-0.1, -0.05) is 35.5 Å². The lowest BCUT2D eigenvalue weighted by atomic mass is 10.1. The van der Waals surface area contributed by atoms with Crippen molar-refractivity contribution in [2.24, 2.45) is 0 Å². The molecule has 33 heavy (non-hydrogen) atoms. The van der Waals surface area contributed by atoms with Gasteiger partial charge in [-0.05, 0) is 54.1 Å². The maximum Gasteiger partial charge on any atom is 0.255 e. The highest BCUT2D eigenvalue weighted by molar-refractivity contribution is 6.04. The lowest BCUT2D eigenvalue weighted by molar-refractivity contribution is -0.121. The maximum absolute atomic E-state index is 13.0. The summed E-state index contributed by atoms with van der Waals surface area (Å²) in [5, 5.41) is 9.53.